The van der Waals surface area contributed by atoms with Crippen LogP contribution in [-0.4, -0.2) is 22.4 Å². The smallest absolute Gasteiger partial charge is 0.388 e. The fourth-order valence-electron chi connectivity index (χ4n) is 0.579. The summed E-state index contributed by atoms with van der Waals surface area (Å²) in [6.07, 6.45) is -4.32. The van der Waals surface area contributed by atoms with Crippen molar-refractivity contribution in [2.45, 2.75) is 12.8 Å². The van der Waals surface area contributed by atoms with Crippen LogP contribution in [0.1, 0.15) is 5.69 Å². The number of anilines is 1. The number of nitrogens with two attached hydrogens (primary N) is 1. The van der Waals surface area contributed by atoms with E-state index in [0.717, 1.165) is 11.5 Å². The zero-order valence-electron chi connectivity index (χ0n) is 6.34. The molecule has 0 saturated heterocycles. The molecule has 0 bridgehead atoms. The molecule has 0 radical (unpaired) electrons. The largest absolute Gasteiger partial charge is 0.411 e. The van der Waals surface area contributed by atoms with Crippen molar-refractivity contribution in [3.05, 3.63) is 5.69 Å². The second-order valence-electron chi connectivity index (χ2n) is 2.19. The third-order valence-corrected chi connectivity index (χ3v) is 1.69. The van der Waals surface area contributed by atoms with Crippen molar-refractivity contribution >= 4 is 16.5 Å². The second kappa shape index (κ2) is 3.88. The molecule has 0 aromatic carbocycles. The molecule has 13 heavy (non-hydrogen) atoms. The molecule has 0 aliphatic heterocycles. The van der Waals surface area contributed by atoms with Gasteiger partial charge in [0.2, 0.25) is 0 Å². The van der Waals surface area contributed by atoms with E-state index in [-0.39, 0.29) is 17.3 Å². The number of alkyl halides is 3. The lowest BCUT2D eigenvalue weighted by Gasteiger charge is -2.05. The third kappa shape index (κ3) is 3.55. The van der Waals surface area contributed by atoms with Crippen LogP contribution in [0.4, 0.5) is 18.2 Å². The van der Waals surface area contributed by atoms with Crippen LogP contribution in [0.5, 0.6) is 0 Å². The highest BCUT2D eigenvalue weighted by atomic mass is 32.1. The first-order valence-electron chi connectivity index (χ1n) is 3.20. The first-order valence-corrected chi connectivity index (χ1v) is 3.97. The van der Waals surface area contributed by atoms with E-state index in [1.165, 1.54) is 0 Å². The molecule has 0 spiro atoms. The van der Waals surface area contributed by atoms with Crippen molar-refractivity contribution in [1.29, 1.82) is 0 Å². The van der Waals surface area contributed by atoms with Gasteiger partial charge in [-0.2, -0.15) is 13.2 Å². The molecule has 0 aliphatic rings. The van der Waals surface area contributed by atoms with E-state index in [0.29, 0.717) is 0 Å². The molecule has 0 fully saturated rings. The highest BCUT2D eigenvalue weighted by Crippen LogP contribution is 2.17. The van der Waals surface area contributed by atoms with Crippen LogP contribution in [0.2, 0.25) is 0 Å². The third-order valence-electron chi connectivity index (χ3n) is 1.09. The number of rotatable bonds is 3. The van der Waals surface area contributed by atoms with Crippen LogP contribution in [0.15, 0.2) is 0 Å². The highest BCUT2D eigenvalue weighted by Gasteiger charge is 2.27. The Morgan fingerprint density at radius 1 is 1.46 bits per heavy atom. The standard InChI is InChI=1S/C5H6F3N3OS/c6-5(7,8)2-12-1-3-4(9)13-11-10-3/h1-2,9H2. The van der Waals surface area contributed by atoms with Gasteiger partial charge in [-0.15, -0.1) is 5.10 Å². The SMILES string of the molecule is Nc1snnc1COCC(F)(F)F. The summed E-state index contributed by atoms with van der Waals surface area (Å²) in [4.78, 5) is 0. The van der Waals surface area contributed by atoms with Crippen LogP contribution < -0.4 is 5.73 Å². The van der Waals surface area contributed by atoms with Crippen molar-refractivity contribution in [1.82, 2.24) is 9.59 Å². The molecular weight excluding hydrogens is 207 g/mol. The quantitative estimate of drug-likeness (QED) is 0.819. The van der Waals surface area contributed by atoms with E-state index in [4.69, 9.17) is 5.73 Å². The topological polar surface area (TPSA) is 61.0 Å². The summed E-state index contributed by atoms with van der Waals surface area (Å²) in [6.45, 7) is -1.56. The van der Waals surface area contributed by atoms with Gasteiger partial charge in [0.15, 0.2) is 0 Å². The lowest BCUT2D eigenvalue weighted by molar-refractivity contribution is -0.176. The van der Waals surface area contributed by atoms with E-state index in [1.54, 1.807) is 0 Å². The lowest BCUT2D eigenvalue weighted by atomic mass is 10.5. The van der Waals surface area contributed by atoms with Gasteiger partial charge in [0.1, 0.15) is 17.3 Å². The molecule has 1 rings (SSSR count). The maximum absolute atomic E-state index is 11.6. The fourth-order valence-corrected chi connectivity index (χ4v) is 1.01. The van der Waals surface area contributed by atoms with Gasteiger partial charge in [-0.25, -0.2) is 0 Å². The van der Waals surface area contributed by atoms with Crippen LogP contribution in [-0.2, 0) is 11.3 Å². The summed E-state index contributed by atoms with van der Waals surface area (Å²) < 4.78 is 42.6. The minimum Gasteiger partial charge on any atom is -0.388 e. The van der Waals surface area contributed by atoms with Crippen LogP contribution in [0, 0.1) is 0 Å². The van der Waals surface area contributed by atoms with Crippen LogP contribution >= 0.6 is 11.5 Å². The molecule has 8 heteroatoms. The van der Waals surface area contributed by atoms with Crippen molar-refractivity contribution in [3.63, 3.8) is 0 Å². The zero-order valence-corrected chi connectivity index (χ0v) is 7.15. The molecule has 0 amide bonds. The summed E-state index contributed by atoms with van der Waals surface area (Å²) in [7, 11) is 0. The van der Waals surface area contributed by atoms with Crippen LogP contribution in [0.25, 0.3) is 0 Å². The fraction of sp³-hybridized carbons (Fsp3) is 0.600. The Hall–Kier alpha value is -0.890. The first-order chi connectivity index (χ1) is 5.99. The predicted octanol–water partition coefficient (Wildman–Crippen LogP) is 1.20. The number of hydrogen-bond acceptors (Lipinski definition) is 5. The van der Waals surface area contributed by atoms with Crippen molar-refractivity contribution in [2.24, 2.45) is 0 Å². The molecule has 4 nitrogen and oxygen atoms in total. The van der Waals surface area contributed by atoms with E-state index in [1.807, 2.05) is 0 Å². The monoisotopic (exact) mass is 213 g/mol. The van der Waals surface area contributed by atoms with E-state index in [2.05, 4.69) is 14.3 Å². The van der Waals surface area contributed by atoms with Gasteiger partial charge in [0, 0.05) is 11.5 Å². The molecule has 0 saturated carbocycles. The summed E-state index contributed by atoms with van der Waals surface area (Å²) >= 11 is 0.918. The summed E-state index contributed by atoms with van der Waals surface area (Å²) in [5, 5.41) is 3.77. The predicted molar refractivity (Wildman–Crippen MR) is 40.0 cm³/mol. The van der Waals surface area contributed by atoms with Crippen molar-refractivity contribution < 1.29 is 17.9 Å². The van der Waals surface area contributed by atoms with Gasteiger partial charge >= 0.3 is 6.18 Å². The molecule has 2 N–H and O–H groups in total. The Balaban J connectivity index is 2.32. The number of ether oxygens (including phenoxy) is 1. The molecule has 1 aromatic rings. The van der Waals surface area contributed by atoms with Gasteiger partial charge in [0.05, 0.1) is 6.61 Å². The van der Waals surface area contributed by atoms with Gasteiger partial charge < -0.3 is 10.5 Å². The van der Waals surface area contributed by atoms with Gasteiger partial charge in [-0.3, -0.25) is 0 Å². The summed E-state index contributed by atoms with van der Waals surface area (Å²) in [5.41, 5.74) is 5.57. The maximum Gasteiger partial charge on any atom is 0.411 e. The van der Waals surface area contributed by atoms with Crippen LogP contribution in [0.3, 0.4) is 0 Å². The Kier molecular flexibility index (Phi) is 3.04. The van der Waals surface area contributed by atoms with Crippen molar-refractivity contribution in [3.8, 4) is 0 Å². The Bertz CT molecular complexity index is 274. The molecule has 0 unspecified atom stereocenters. The molecule has 74 valence electrons. The Morgan fingerprint density at radius 2 is 2.15 bits per heavy atom. The minimum absolute atomic E-state index is 0.245. The van der Waals surface area contributed by atoms with E-state index in [9.17, 15) is 13.2 Å². The molecular formula is C5H6F3N3OS. The molecule has 1 heterocycles. The number of aromatic nitrogens is 2. The van der Waals surface area contributed by atoms with E-state index < -0.39 is 12.8 Å². The Labute approximate surface area is 75.7 Å². The highest BCUT2D eigenvalue weighted by molar-refractivity contribution is 7.09. The van der Waals surface area contributed by atoms with E-state index >= 15 is 0 Å². The van der Waals surface area contributed by atoms with Gasteiger partial charge in [-0.1, -0.05) is 4.49 Å². The normalized spacial score (nSPS) is 11.9. The lowest BCUT2D eigenvalue weighted by Crippen LogP contribution is -2.17. The van der Waals surface area contributed by atoms with Gasteiger partial charge in [0.25, 0.3) is 0 Å². The minimum atomic E-state index is -4.32. The summed E-state index contributed by atoms with van der Waals surface area (Å²) in [5.74, 6) is 0. The maximum atomic E-state index is 11.6. The number of nitrogen functional groups attached to an aromatic ring is 1. The molecule has 0 aliphatic carbocycles. The average Bonchev–Trinajstić information content (AvgIpc) is 2.34. The average molecular weight is 213 g/mol. The zero-order chi connectivity index (χ0) is 9.90. The van der Waals surface area contributed by atoms with Crippen molar-refractivity contribution in [2.75, 3.05) is 12.3 Å². The first kappa shape index (κ1) is 10.2. The van der Waals surface area contributed by atoms with Gasteiger partial charge in [-0.05, 0) is 0 Å². The number of halogens is 3. The number of hydrogen-bond donors (Lipinski definition) is 1. The molecule has 1 aromatic heterocycles. The second-order valence-corrected chi connectivity index (χ2v) is 2.98. The number of nitrogens with zero attached hydrogens (tertiary/aromatic N) is 2. The summed E-state index contributed by atoms with van der Waals surface area (Å²) in [6, 6.07) is 0. The molecule has 0 atom stereocenters. The Morgan fingerprint density at radius 3 is 2.62 bits per heavy atom.